The number of likely N-dealkylation sites (N-methyl/N-ethyl adjacent to an activating group) is 1. The standard InChI is InChI=1S/C17H20N2OS/c1-2-19-14(11-13-7-9-18-10-8-13)16-12-21-17-6-4-3-5-15(17)20-16/h3-10,14,16,19H,2,11-12H2,1H3. The Balaban J connectivity index is 1.73. The molecule has 0 saturated heterocycles. The summed E-state index contributed by atoms with van der Waals surface area (Å²) in [7, 11) is 0. The summed E-state index contributed by atoms with van der Waals surface area (Å²) in [6, 6.07) is 12.8. The lowest BCUT2D eigenvalue weighted by Crippen LogP contribution is -2.47. The molecule has 1 aromatic carbocycles. The maximum absolute atomic E-state index is 6.22. The Hall–Kier alpha value is -1.52. The molecular weight excluding hydrogens is 280 g/mol. The highest BCUT2D eigenvalue weighted by molar-refractivity contribution is 7.99. The van der Waals surface area contributed by atoms with Gasteiger partial charge in [-0.3, -0.25) is 4.98 Å². The second kappa shape index (κ2) is 6.96. The van der Waals surface area contributed by atoms with Gasteiger partial charge >= 0.3 is 0 Å². The van der Waals surface area contributed by atoms with Crippen LogP contribution in [-0.2, 0) is 6.42 Å². The minimum atomic E-state index is 0.193. The molecule has 1 aromatic heterocycles. The lowest BCUT2D eigenvalue weighted by atomic mass is 10.0. The minimum absolute atomic E-state index is 0.193. The van der Waals surface area contributed by atoms with E-state index >= 15 is 0 Å². The highest BCUT2D eigenvalue weighted by atomic mass is 32.2. The molecule has 0 spiro atoms. The van der Waals surface area contributed by atoms with Crippen molar-refractivity contribution in [2.24, 2.45) is 0 Å². The van der Waals surface area contributed by atoms with Gasteiger partial charge in [-0.15, -0.1) is 11.8 Å². The smallest absolute Gasteiger partial charge is 0.133 e. The molecule has 0 radical (unpaired) electrons. The van der Waals surface area contributed by atoms with Crippen LogP contribution >= 0.6 is 11.8 Å². The topological polar surface area (TPSA) is 34.2 Å². The largest absolute Gasteiger partial charge is 0.487 e. The quantitative estimate of drug-likeness (QED) is 0.920. The number of aromatic nitrogens is 1. The number of nitrogens with zero attached hydrogens (tertiary/aromatic N) is 1. The van der Waals surface area contributed by atoms with Crippen LogP contribution in [0.25, 0.3) is 0 Å². The van der Waals surface area contributed by atoms with Crippen molar-refractivity contribution < 1.29 is 4.74 Å². The van der Waals surface area contributed by atoms with Crippen molar-refractivity contribution in [1.29, 1.82) is 0 Å². The van der Waals surface area contributed by atoms with E-state index in [4.69, 9.17) is 4.74 Å². The van der Waals surface area contributed by atoms with Crippen LogP contribution in [0, 0.1) is 0 Å². The number of ether oxygens (including phenoxy) is 1. The molecular formula is C17H20N2OS. The number of pyridine rings is 1. The average Bonchev–Trinajstić information content (AvgIpc) is 2.55. The van der Waals surface area contributed by atoms with E-state index in [-0.39, 0.29) is 6.10 Å². The summed E-state index contributed by atoms with van der Waals surface area (Å²) in [5.74, 6) is 2.00. The van der Waals surface area contributed by atoms with E-state index in [2.05, 4.69) is 47.6 Å². The number of rotatable bonds is 5. The lowest BCUT2D eigenvalue weighted by Gasteiger charge is -2.32. The molecule has 3 rings (SSSR count). The number of para-hydroxylation sites is 1. The summed E-state index contributed by atoms with van der Waals surface area (Å²) in [4.78, 5) is 5.33. The summed E-state index contributed by atoms with van der Waals surface area (Å²) in [5.41, 5.74) is 1.29. The molecule has 2 heterocycles. The SMILES string of the molecule is CCNC(Cc1ccncc1)C1CSc2ccccc2O1. The molecule has 0 amide bonds. The fourth-order valence-electron chi connectivity index (χ4n) is 2.60. The monoisotopic (exact) mass is 300 g/mol. The zero-order valence-corrected chi connectivity index (χ0v) is 13.0. The molecule has 0 saturated carbocycles. The molecule has 3 nitrogen and oxygen atoms in total. The first-order chi connectivity index (χ1) is 10.4. The molecule has 2 atom stereocenters. The third-order valence-electron chi connectivity index (χ3n) is 3.65. The Morgan fingerprint density at radius 3 is 2.90 bits per heavy atom. The van der Waals surface area contributed by atoms with Crippen LogP contribution in [0.1, 0.15) is 12.5 Å². The molecule has 0 aliphatic carbocycles. The van der Waals surface area contributed by atoms with Gasteiger partial charge in [0, 0.05) is 29.1 Å². The van der Waals surface area contributed by atoms with Gasteiger partial charge in [0.1, 0.15) is 11.9 Å². The summed E-state index contributed by atoms with van der Waals surface area (Å²) < 4.78 is 6.22. The van der Waals surface area contributed by atoms with Gasteiger partial charge in [-0.1, -0.05) is 19.1 Å². The second-order valence-electron chi connectivity index (χ2n) is 5.14. The van der Waals surface area contributed by atoms with E-state index in [9.17, 15) is 0 Å². The molecule has 4 heteroatoms. The summed E-state index contributed by atoms with van der Waals surface area (Å²) in [6.07, 6.45) is 4.86. The van der Waals surface area contributed by atoms with Crippen LogP contribution in [0.3, 0.4) is 0 Å². The zero-order chi connectivity index (χ0) is 14.5. The van der Waals surface area contributed by atoms with E-state index in [0.717, 1.165) is 24.5 Å². The van der Waals surface area contributed by atoms with Crippen molar-refractivity contribution in [3.63, 3.8) is 0 Å². The fourth-order valence-corrected chi connectivity index (χ4v) is 3.68. The third kappa shape index (κ3) is 3.57. The van der Waals surface area contributed by atoms with Crippen LogP contribution in [0.2, 0.25) is 0 Å². The van der Waals surface area contributed by atoms with Gasteiger partial charge in [0.25, 0.3) is 0 Å². The Kier molecular flexibility index (Phi) is 4.78. The van der Waals surface area contributed by atoms with Gasteiger partial charge in [-0.05, 0) is 42.8 Å². The van der Waals surface area contributed by atoms with Crippen molar-refractivity contribution in [2.75, 3.05) is 12.3 Å². The predicted octanol–water partition coefficient (Wildman–Crippen LogP) is 3.16. The summed E-state index contributed by atoms with van der Waals surface area (Å²) >= 11 is 1.88. The average molecular weight is 300 g/mol. The molecule has 1 aliphatic rings. The third-order valence-corrected chi connectivity index (χ3v) is 4.79. The normalized spacial score (nSPS) is 18.6. The lowest BCUT2D eigenvalue weighted by molar-refractivity contribution is 0.166. The number of fused-ring (bicyclic) bond motifs is 1. The Morgan fingerprint density at radius 1 is 1.29 bits per heavy atom. The van der Waals surface area contributed by atoms with Crippen LogP contribution < -0.4 is 10.1 Å². The number of hydrogen-bond donors (Lipinski definition) is 1. The molecule has 0 fully saturated rings. The molecule has 21 heavy (non-hydrogen) atoms. The van der Waals surface area contributed by atoms with Crippen LogP contribution in [0.15, 0.2) is 53.7 Å². The van der Waals surface area contributed by atoms with E-state index in [1.165, 1.54) is 10.5 Å². The Morgan fingerprint density at radius 2 is 2.10 bits per heavy atom. The van der Waals surface area contributed by atoms with Gasteiger partial charge in [-0.25, -0.2) is 0 Å². The molecule has 1 N–H and O–H groups in total. The minimum Gasteiger partial charge on any atom is -0.487 e. The zero-order valence-electron chi connectivity index (χ0n) is 12.2. The van der Waals surface area contributed by atoms with Gasteiger partial charge in [0.2, 0.25) is 0 Å². The Labute approximate surface area is 130 Å². The number of thioether (sulfide) groups is 1. The van der Waals surface area contributed by atoms with Gasteiger partial charge in [-0.2, -0.15) is 0 Å². The van der Waals surface area contributed by atoms with E-state index in [1.54, 1.807) is 0 Å². The molecule has 0 bridgehead atoms. The highest BCUT2D eigenvalue weighted by Gasteiger charge is 2.27. The molecule has 110 valence electrons. The second-order valence-corrected chi connectivity index (χ2v) is 6.20. The van der Waals surface area contributed by atoms with Crippen molar-refractivity contribution in [3.8, 4) is 5.75 Å². The molecule has 1 aliphatic heterocycles. The van der Waals surface area contributed by atoms with Crippen LogP contribution in [0.5, 0.6) is 5.75 Å². The van der Waals surface area contributed by atoms with E-state index in [1.807, 2.05) is 30.2 Å². The van der Waals surface area contributed by atoms with Crippen LogP contribution in [-0.4, -0.2) is 29.4 Å². The van der Waals surface area contributed by atoms with Gasteiger partial charge in [0.15, 0.2) is 0 Å². The number of benzene rings is 1. The van der Waals surface area contributed by atoms with Crippen molar-refractivity contribution in [3.05, 3.63) is 54.4 Å². The first-order valence-corrected chi connectivity index (χ1v) is 8.36. The highest BCUT2D eigenvalue weighted by Crippen LogP contribution is 2.36. The maximum atomic E-state index is 6.22. The van der Waals surface area contributed by atoms with Crippen molar-refractivity contribution in [2.45, 2.75) is 30.4 Å². The van der Waals surface area contributed by atoms with Crippen LogP contribution in [0.4, 0.5) is 0 Å². The first-order valence-electron chi connectivity index (χ1n) is 7.37. The Bertz CT molecular complexity index is 576. The maximum Gasteiger partial charge on any atom is 0.133 e. The summed E-state index contributed by atoms with van der Waals surface area (Å²) in [5, 5.41) is 3.57. The van der Waals surface area contributed by atoms with E-state index in [0.29, 0.717) is 6.04 Å². The van der Waals surface area contributed by atoms with Crippen molar-refractivity contribution >= 4 is 11.8 Å². The molecule has 2 aromatic rings. The predicted molar refractivity (Wildman–Crippen MR) is 87.0 cm³/mol. The number of nitrogens with one attached hydrogen (secondary N) is 1. The van der Waals surface area contributed by atoms with E-state index < -0.39 is 0 Å². The molecule has 2 unspecified atom stereocenters. The van der Waals surface area contributed by atoms with Gasteiger partial charge < -0.3 is 10.1 Å². The van der Waals surface area contributed by atoms with Gasteiger partial charge in [0.05, 0.1) is 0 Å². The first kappa shape index (κ1) is 14.4. The van der Waals surface area contributed by atoms with Crippen molar-refractivity contribution in [1.82, 2.24) is 10.3 Å². The fraction of sp³-hybridized carbons (Fsp3) is 0.353. The number of hydrogen-bond acceptors (Lipinski definition) is 4. The summed E-state index contributed by atoms with van der Waals surface area (Å²) in [6.45, 7) is 3.09.